The Morgan fingerprint density at radius 2 is 1.77 bits per heavy atom. The van der Waals surface area contributed by atoms with Gasteiger partial charge in [-0.2, -0.15) is 0 Å². The average molecular weight is 339 g/mol. The molecular formula is C23H21N3. The summed E-state index contributed by atoms with van der Waals surface area (Å²) < 4.78 is 2.27. The number of rotatable bonds is 3. The summed E-state index contributed by atoms with van der Waals surface area (Å²) in [5.74, 6) is 0. The summed E-state index contributed by atoms with van der Waals surface area (Å²) in [6, 6.07) is 20.8. The molecule has 26 heavy (non-hydrogen) atoms. The summed E-state index contributed by atoms with van der Waals surface area (Å²) in [5, 5.41) is 1.15. The van der Waals surface area contributed by atoms with Crippen LogP contribution in [0.4, 0.5) is 5.69 Å². The van der Waals surface area contributed by atoms with E-state index in [0.29, 0.717) is 0 Å². The molecule has 0 aliphatic heterocycles. The minimum Gasteiger partial charge on any atom is -0.318 e. The van der Waals surface area contributed by atoms with E-state index in [1.165, 1.54) is 17.0 Å². The Morgan fingerprint density at radius 1 is 0.923 bits per heavy atom. The maximum Gasteiger partial charge on any atom is 0.0703 e. The van der Waals surface area contributed by atoms with Crippen LogP contribution in [-0.2, 0) is 0 Å². The Morgan fingerprint density at radius 3 is 2.62 bits per heavy atom. The van der Waals surface area contributed by atoms with E-state index in [9.17, 15) is 0 Å². The average Bonchev–Trinajstić information content (AvgIpc) is 2.94. The van der Waals surface area contributed by atoms with Crippen LogP contribution in [0, 0.1) is 20.8 Å². The molecule has 3 nitrogen and oxygen atoms in total. The topological polar surface area (TPSA) is 30.2 Å². The van der Waals surface area contributed by atoms with Gasteiger partial charge in [0.15, 0.2) is 0 Å². The Balaban J connectivity index is 1.75. The van der Waals surface area contributed by atoms with E-state index in [1.807, 2.05) is 36.7 Å². The van der Waals surface area contributed by atoms with Crippen molar-refractivity contribution in [3.05, 3.63) is 89.4 Å². The van der Waals surface area contributed by atoms with Crippen LogP contribution in [0.3, 0.4) is 0 Å². The van der Waals surface area contributed by atoms with Gasteiger partial charge in [0.05, 0.1) is 11.2 Å². The molecule has 0 atom stereocenters. The number of nitrogens with zero attached hydrogens (tertiary/aromatic N) is 3. The summed E-state index contributed by atoms with van der Waals surface area (Å²) in [5.41, 5.74) is 7.86. The van der Waals surface area contributed by atoms with Crippen LogP contribution in [0.15, 0.2) is 71.9 Å². The zero-order valence-corrected chi connectivity index (χ0v) is 15.3. The quantitative estimate of drug-likeness (QED) is 0.440. The zero-order chi connectivity index (χ0) is 18.1. The van der Waals surface area contributed by atoms with Gasteiger partial charge in [0.1, 0.15) is 0 Å². The molecule has 2 aromatic carbocycles. The molecule has 0 saturated carbocycles. The third-order valence-corrected chi connectivity index (χ3v) is 4.77. The van der Waals surface area contributed by atoms with Crippen LogP contribution in [-0.4, -0.2) is 15.8 Å². The Hall–Kier alpha value is -3.20. The zero-order valence-electron chi connectivity index (χ0n) is 15.3. The molecule has 0 aliphatic rings. The highest BCUT2D eigenvalue weighted by Crippen LogP contribution is 2.24. The van der Waals surface area contributed by atoms with Gasteiger partial charge in [-0.05, 0) is 62.7 Å². The first-order valence-corrected chi connectivity index (χ1v) is 8.77. The lowest BCUT2D eigenvalue weighted by Crippen LogP contribution is -1.99. The van der Waals surface area contributed by atoms with Gasteiger partial charge in [-0.15, -0.1) is 0 Å². The molecule has 3 heteroatoms. The van der Waals surface area contributed by atoms with E-state index >= 15 is 0 Å². The van der Waals surface area contributed by atoms with Crippen molar-refractivity contribution in [3.8, 4) is 5.69 Å². The molecule has 0 N–H and O–H groups in total. The molecule has 2 aromatic heterocycles. The predicted octanol–water partition coefficient (Wildman–Crippen LogP) is 5.70. The number of pyridine rings is 1. The van der Waals surface area contributed by atoms with Crippen molar-refractivity contribution in [1.82, 2.24) is 9.55 Å². The van der Waals surface area contributed by atoms with E-state index < -0.39 is 0 Å². The number of para-hydroxylation sites is 1. The first-order chi connectivity index (χ1) is 12.6. The molecule has 4 aromatic rings. The van der Waals surface area contributed by atoms with Gasteiger partial charge < -0.3 is 4.57 Å². The number of hydrogen-bond donors (Lipinski definition) is 0. The minimum atomic E-state index is 1.01. The predicted molar refractivity (Wildman–Crippen MR) is 109 cm³/mol. The molecule has 0 radical (unpaired) electrons. The summed E-state index contributed by atoms with van der Waals surface area (Å²) in [6.45, 7) is 6.35. The molecule has 128 valence electrons. The van der Waals surface area contributed by atoms with Crippen molar-refractivity contribution in [2.24, 2.45) is 4.99 Å². The molecule has 0 unspecified atom stereocenters. The van der Waals surface area contributed by atoms with Gasteiger partial charge in [0.25, 0.3) is 0 Å². The number of hydrogen-bond acceptors (Lipinski definition) is 2. The van der Waals surface area contributed by atoms with Gasteiger partial charge >= 0.3 is 0 Å². The van der Waals surface area contributed by atoms with Crippen LogP contribution >= 0.6 is 0 Å². The molecule has 2 heterocycles. The fourth-order valence-corrected chi connectivity index (χ4v) is 3.37. The SMILES string of the molecule is Cc1ccccc1N=Cc1cc(C)n(-c2ccc3ncccc3c2)c1C. The van der Waals surface area contributed by atoms with Crippen molar-refractivity contribution in [2.75, 3.05) is 0 Å². The summed E-state index contributed by atoms with van der Waals surface area (Å²) in [7, 11) is 0. The second kappa shape index (κ2) is 6.60. The van der Waals surface area contributed by atoms with Crippen LogP contribution in [0.2, 0.25) is 0 Å². The number of aromatic nitrogens is 2. The lowest BCUT2D eigenvalue weighted by atomic mass is 10.2. The maximum atomic E-state index is 4.69. The number of aryl methyl sites for hydroxylation is 2. The standard InChI is InChI=1S/C23H21N3/c1-16-7-4-5-9-22(16)25-15-20-13-17(2)26(18(20)3)21-10-11-23-19(14-21)8-6-12-24-23/h4-15H,1-3H3. The highest BCUT2D eigenvalue weighted by molar-refractivity contribution is 5.85. The van der Waals surface area contributed by atoms with Crippen molar-refractivity contribution >= 4 is 22.8 Å². The maximum absolute atomic E-state index is 4.69. The molecule has 4 rings (SSSR count). The normalized spacial score (nSPS) is 11.5. The minimum absolute atomic E-state index is 1.01. The molecule has 0 saturated heterocycles. The first-order valence-electron chi connectivity index (χ1n) is 8.77. The molecule has 0 bridgehead atoms. The Kier molecular flexibility index (Phi) is 4.13. The Bertz CT molecular complexity index is 1120. The van der Waals surface area contributed by atoms with Crippen molar-refractivity contribution < 1.29 is 0 Å². The number of fused-ring (bicyclic) bond motifs is 1. The molecule has 0 spiro atoms. The van der Waals surface area contributed by atoms with E-state index in [-0.39, 0.29) is 0 Å². The van der Waals surface area contributed by atoms with E-state index in [4.69, 9.17) is 0 Å². The first kappa shape index (κ1) is 16.3. The van der Waals surface area contributed by atoms with E-state index in [0.717, 1.165) is 27.8 Å². The smallest absolute Gasteiger partial charge is 0.0703 e. The van der Waals surface area contributed by atoms with Crippen molar-refractivity contribution in [2.45, 2.75) is 20.8 Å². The lowest BCUT2D eigenvalue weighted by molar-refractivity contribution is 0.967. The molecule has 0 fully saturated rings. The van der Waals surface area contributed by atoms with Gasteiger partial charge in [-0.25, -0.2) is 0 Å². The fourth-order valence-electron chi connectivity index (χ4n) is 3.37. The summed E-state index contributed by atoms with van der Waals surface area (Å²) in [4.78, 5) is 9.09. The Labute approximate surface area is 153 Å². The van der Waals surface area contributed by atoms with Gasteiger partial charge in [0.2, 0.25) is 0 Å². The van der Waals surface area contributed by atoms with Crippen molar-refractivity contribution in [1.29, 1.82) is 0 Å². The van der Waals surface area contributed by atoms with Crippen molar-refractivity contribution in [3.63, 3.8) is 0 Å². The van der Waals surface area contributed by atoms with Crippen LogP contribution in [0.1, 0.15) is 22.5 Å². The highest BCUT2D eigenvalue weighted by Gasteiger charge is 2.10. The second-order valence-corrected chi connectivity index (χ2v) is 6.59. The van der Waals surface area contributed by atoms with E-state index in [2.05, 4.69) is 71.7 Å². The van der Waals surface area contributed by atoms with Gasteiger partial charge in [0, 0.05) is 40.4 Å². The third kappa shape index (κ3) is 2.92. The summed E-state index contributed by atoms with van der Waals surface area (Å²) in [6.07, 6.45) is 3.79. The molecular weight excluding hydrogens is 318 g/mol. The number of aliphatic imine (C=N–C) groups is 1. The third-order valence-electron chi connectivity index (χ3n) is 4.77. The van der Waals surface area contributed by atoms with E-state index in [1.54, 1.807) is 0 Å². The summed E-state index contributed by atoms with van der Waals surface area (Å²) >= 11 is 0. The van der Waals surface area contributed by atoms with Gasteiger partial charge in [-0.1, -0.05) is 24.3 Å². The van der Waals surface area contributed by atoms with Gasteiger partial charge in [-0.3, -0.25) is 9.98 Å². The van der Waals surface area contributed by atoms with Crippen LogP contribution in [0.25, 0.3) is 16.6 Å². The second-order valence-electron chi connectivity index (χ2n) is 6.59. The largest absolute Gasteiger partial charge is 0.318 e. The molecule has 0 aliphatic carbocycles. The molecule has 0 amide bonds. The fraction of sp³-hybridized carbons (Fsp3) is 0.130. The monoisotopic (exact) mass is 339 g/mol. The number of benzene rings is 2. The lowest BCUT2D eigenvalue weighted by Gasteiger charge is -2.10. The highest BCUT2D eigenvalue weighted by atomic mass is 15.0. The van der Waals surface area contributed by atoms with Crippen LogP contribution < -0.4 is 0 Å². The van der Waals surface area contributed by atoms with Crippen LogP contribution in [0.5, 0.6) is 0 Å².